The standard InChI is InChI=1S/C18H20N2O.C2H6/c1-3-17(18-11-7-8-12-19-18)13-20-15(2)21-14-16-9-5-4-6-10-16;1-2/h3-13,15H,14H2,1-2H3;1-2H3/b17-3+,20-13-;. The molecule has 0 spiro atoms. The number of aromatic nitrogens is 1. The Labute approximate surface area is 139 Å². The molecule has 0 aliphatic carbocycles. The molecule has 0 saturated carbocycles. The van der Waals surface area contributed by atoms with Crippen LogP contribution >= 0.6 is 0 Å². The minimum atomic E-state index is -0.191. The van der Waals surface area contributed by atoms with E-state index < -0.39 is 0 Å². The normalized spacial score (nSPS) is 12.6. The third kappa shape index (κ3) is 7.02. The number of hydrogen-bond donors (Lipinski definition) is 0. The lowest BCUT2D eigenvalue weighted by Gasteiger charge is -2.09. The van der Waals surface area contributed by atoms with Crippen molar-refractivity contribution < 1.29 is 4.74 Å². The summed E-state index contributed by atoms with van der Waals surface area (Å²) in [7, 11) is 0. The molecule has 0 bridgehead atoms. The number of rotatable bonds is 6. The quantitative estimate of drug-likeness (QED) is 0.692. The maximum atomic E-state index is 5.71. The summed E-state index contributed by atoms with van der Waals surface area (Å²) in [5.41, 5.74) is 3.06. The van der Waals surface area contributed by atoms with E-state index in [-0.39, 0.29) is 6.23 Å². The highest BCUT2D eigenvalue weighted by molar-refractivity contribution is 6.08. The number of ether oxygens (including phenoxy) is 1. The van der Waals surface area contributed by atoms with Crippen molar-refractivity contribution in [2.24, 2.45) is 4.99 Å². The van der Waals surface area contributed by atoms with Gasteiger partial charge in [-0.15, -0.1) is 0 Å². The lowest BCUT2D eigenvalue weighted by Crippen LogP contribution is -2.05. The zero-order chi connectivity index (χ0) is 16.9. The molecule has 1 aromatic heterocycles. The Kier molecular flexibility index (Phi) is 9.25. The number of hydrogen-bond acceptors (Lipinski definition) is 3. The van der Waals surface area contributed by atoms with Gasteiger partial charge in [0, 0.05) is 18.0 Å². The van der Waals surface area contributed by atoms with Gasteiger partial charge in [0.05, 0.1) is 12.3 Å². The molecule has 23 heavy (non-hydrogen) atoms. The maximum absolute atomic E-state index is 5.71. The Morgan fingerprint density at radius 3 is 2.43 bits per heavy atom. The summed E-state index contributed by atoms with van der Waals surface area (Å²) >= 11 is 0. The summed E-state index contributed by atoms with van der Waals surface area (Å²) in [6.07, 6.45) is 5.40. The molecular formula is C20H26N2O. The number of allylic oxidation sites excluding steroid dienone is 2. The largest absolute Gasteiger partial charge is 0.352 e. The fourth-order valence-corrected chi connectivity index (χ4v) is 1.84. The van der Waals surface area contributed by atoms with Gasteiger partial charge in [0.2, 0.25) is 0 Å². The molecular weight excluding hydrogens is 284 g/mol. The van der Waals surface area contributed by atoms with E-state index >= 15 is 0 Å². The van der Waals surface area contributed by atoms with Gasteiger partial charge in [-0.25, -0.2) is 0 Å². The first kappa shape index (κ1) is 18.8. The van der Waals surface area contributed by atoms with Crippen LogP contribution in [0.5, 0.6) is 0 Å². The van der Waals surface area contributed by atoms with Gasteiger partial charge >= 0.3 is 0 Å². The Morgan fingerprint density at radius 1 is 1.13 bits per heavy atom. The Balaban J connectivity index is 0.00000127. The van der Waals surface area contributed by atoms with Crippen molar-refractivity contribution in [1.82, 2.24) is 4.98 Å². The number of benzene rings is 1. The fourth-order valence-electron chi connectivity index (χ4n) is 1.84. The minimum Gasteiger partial charge on any atom is -0.352 e. The SMILES string of the molecule is C/C=C(\C=N/C(C)OCc1ccccc1)c1ccccn1.CC. The molecule has 3 nitrogen and oxygen atoms in total. The molecule has 1 atom stereocenters. The van der Waals surface area contributed by atoms with Crippen molar-refractivity contribution in [3.05, 3.63) is 72.1 Å². The van der Waals surface area contributed by atoms with Crippen LogP contribution in [0.25, 0.3) is 5.57 Å². The van der Waals surface area contributed by atoms with Crippen LogP contribution in [-0.2, 0) is 11.3 Å². The Hall–Kier alpha value is -2.26. The monoisotopic (exact) mass is 310 g/mol. The maximum Gasteiger partial charge on any atom is 0.145 e. The van der Waals surface area contributed by atoms with Gasteiger partial charge in [0.1, 0.15) is 6.23 Å². The molecule has 0 aliphatic heterocycles. The minimum absolute atomic E-state index is 0.191. The van der Waals surface area contributed by atoms with Crippen LogP contribution in [0.2, 0.25) is 0 Å². The van der Waals surface area contributed by atoms with Crippen molar-refractivity contribution in [3.8, 4) is 0 Å². The van der Waals surface area contributed by atoms with Crippen molar-refractivity contribution in [3.63, 3.8) is 0 Å². The van der Waals surface area contributed by atoms with Gasteiger partial charge in [-0.2, -0.15) is 0 Å². The smallest absolute Gasteiger partial charge is 0.145 e. The highest BCUT2D eigenvalue weighted by atomic mass is 16.5. The van der Waals surface area contributed by atoms with Crippen LogP contribution in [-0.4, -0.2) is 17.4 Å². The van der Waals surface area contributed by atoms with E-state index in [0.29, 0.717) is 6.61 Å². The van der Waals surface area contributed by atoms with Crippen LogP contribution in [0.15, 0.2) is 65.8 Å². The highest BCUT2D eigenvalue weighted by Gasteiger charge is 2.01. The molecule has 0 aliphatic rings. The van der Waals surface area contributed by atoms with Crippen molar-refractivity contribution in [1.29, 1.82) is 0 Å². The van der Waals surface area contributed by atoms with Gasteiger partial charge in [-0.05, 0) is 31.5 Å². The first-order valence-corrected chi connectivity index (χ1v) is 8.06. The predicted molar refractivity (Wildman–Crippen MR) is 98.4 cm³/mol. The molecule has 3 heteroatoms. The van der Waals surface area contributed by atoms with Gasteiger partial charge in [0.25, 0.3) is 0 Å². The van der Waals surface area contributed by atoms with Crippen molar-refractivity contribution in [2.75, 3.05) is 0 Å². The molecule has 0 N–H and O–H groups in total. The third-order valence-electron chi connectivity index (χ3n) is 3.03. The van der Waals surface area contributed by atoms with E-state index in [2.05, 4.69) is 9.98 Å². The van der Waals surface area contributed by atoms with Crippen LogP contribution in [0.4, 0.5) is 0 Å². The Morgan fingerprint density at radius 2 is 1.83 bits per heavy atom. The van der Waals surface area contributed by atoms with Gasteiger partial charge in [0.15, 0.2) is 0 Å². The summed E-state index contributed by atoms with van der Waals surface area (Å²) in [5.74, 6) is 0. The summed E-state index contributed by atoms with van der Waals surface area (Å²) in [5, 5.41) is 0. The Bertz CT molecular complexity index is 592. The lowest BCUT2D eigenvalue weighted by molar-refractivity contribution is 0.0598. The summed E-state index contributed by atoms with van der Waals surface area (Å²) in [6.45, 7) is 8.48. The van der Waals surface area contributed by atoms with Gasteiger partial charge in [-0.1, -0.05) is 56.3 Å². The van der Waals surface area contributed by atoms with Gasteiger partial charge in [-0.3, -0.25) is 9.98 Å². The fraction of sp³-hybridized carbons (Fsp3) is 0.300. The van der Waals surface area contributed by atoms with E-state index in [1.807, 2.05) is 88.5 Å². The summed E-state index contributed by atoms with van der Waals surface area (Å²) < 4.78 is 5.71. The van der Waals surface area contributed by atoms with E-state index in [1.165, 1.54) is 0 Å². The second-order valence-corrected chi connectivity index (χ2v) is 4.63. The topological polar surface area (TPSA) is 34.5 Å². The van der Waals surface area contributed by atoms with Crippen LogP contribution in [0.3, 0.4) is 0 Å². The number of nitrogens with zero attached hydrogens (tertiary/aromatic N) is 2. The average Bonchev–Trinajstić information content (AvgIpc) is 2.64. The zero-order valence-electron chi connectivity index (χ0n) is 14.4. The molecule has 0 radical (unpaired) electrons. The lowest BCUT2D eigenvalue weighted by atomic mass is 10.2. The molecule has 1 aromatic carbocycles. The van der Waals surface area contributed by atoms with E-state index in [9.17, 15) is 0 Å². The zero-order valence-corrected chi connectivity index (χ0v) is 14.4. The number of aliphatic imine (C=N–C) groups is 1. The molecule has 0 saturated heterocycles. The van der Waals surface area contributed by atoms with Crippen molar-refractivity contribution >= 4 is 11.8 Å². The second kappa shape index (κ2) is 11.3. The first-order chi connectivity index (χ1) is 11.3. The summed E-state index contributed by atoms with van der Waals surface area (Å²) in [4.78, 5) is 8.75. The summed E-state index contributed by atoms with van der Waals surface area (Å²) in [6, 6.07) is 15.9. The van der Waals surface area contributed by atoms with Crippen molar-refractivity contribution in [2.45, 2.75) is 40.5 Å². The van der Waals surface area contributed by atoms with Crippen LogP contribution in [0.1, 0.15) is 39.0 Å². The first-order valence-electron chi connectivity index (χ1n) is 8.06. The van der Waals surface area contributed by atoms with Crippen LogP contribution in [0, 0.1) is 0 Å². The molecule has 1 unspecified atom stereocenters. The molecule has 1 heterocycles. The molecule has 122 valence electrons. The number of pyridine rings is 1. The van der Waals surface area contributed by atoms with Crippen LogP contribution < -0.4 is 0 Å². The van der Waals surface area contributed by atoms with E-state index in [4.69, 9.17) is 4.74 Å². The molecule has 0 fully saturated rings. The van der Waals surface area contributed by atoms with E-state index in [1.54, 1.807) is 6.20 Å². The molecule has 2 rings (SSSR count). The third-order valence-corrected chi connectivity index (χ3v) is 3.03. The second-order valence-electron chi connectivity index (χ2n) is 4.63. The van der Waals surface area contributed by atoms with Gasteiger partial charge < -0.3 is 4.74 Å². The highest BCUT2D eigenvalue weighted by Crippen LogP contribution is 2.09. The molecule has 2 aromatic rings. The van der Waals surface area contributed by atoms with E-state index in [0.717, 1.165) is 16.8 Å². The predicted octanol–water partition coefficient (Wildman–Crippen LogP) is 5.14. The average molecular weight is 310 g/mol. The molecule has 0 amide bonds.